The summed E-state index contributed by atoms with van der Waals surface area (Å²) >= 11 is 6.08. The first-order valence-corrected chi connectivity index (χ1v) is 9.30. The first kappa shape index (κ1) is 18.4. The standard InChI is InChI=1S/C17H15ClN2O5S/c1-11-4-2-3-5-13(11)17(21)20-9-8-15(19-25-26(22,23)24)14-7-6-12(18)10-16(14)20/h2-8,10,19H,9H2,1H3,(H,22,23,24). The van der Waals surface area contributed by atoms with E-state index < -0.39 is 10.4 Å². The van der Waals surface area contributed by atoms with Crippen molar-refractivity contribution in [3.8, 4) is 0 Å². The van der Waals surface area contributed by atoms with Crippen LogP contribution in [0.5, 0.6) is 0 Å². The van der Waals surface area contributed by atoms with Crippen molar-refractivity contribution in [3.63, 3.8) is 0 Å². The lowest BCUT2D eigenvalue weighted by molar-refractivity contribution is 0.0988. The molecule has 0 atom stereocenters. The maximum atomic E-state index is 13.0. The Kier molecular flexibility index (Phi) is 5.01. The zero-order chi connectivity index (χ0) is 18.9. The Labute approximate surface area is 155 Å². The van der Waals surface area contributed by atoms with Gasteiger partial charge in [0.05, 0.1) is 11.4 Å². The Morgan fingerprint density at radius 3 is 2.69 bits per heavy atom. The lowest BCUT2D eigenvalue weighted by Gasteiger charge is -2.29. The normalized spacial score (nSPS) is 13.8. The van der Waals surface area contributed by atoms with Gasteiger partial charge in [-0.15, -0.1) is 4.28 Å². The lowest BCUT2D eigenvalue weighted by atomic mass is 10.0. The number of fused-ring (bicyclic) bond motifs is 1. The summed E-state index contributed by atoms with van der Waals surface area (Å²) in [5.74, 6) is -0.211. The number of nitrogens with one attached hydrogen (secondary N) is 1. The van der Waals surface area contributed by atoms with E-state index >= 15 is 0 Å². The highest BCUT2D eigenvalue weighted by atomic mass is 35.5. The summed E-state index contributed by atoms with van der Waals surface area (Å²) in [6.07, 6.45) is 1.58. The maximum absolute atomic E-state index is 13.0. The van der Waals surface area contributed by atoms with Gasteiger partial charge in [-0.2, -0.15) is 8.42 Å². The lowest BCUT2D eigenvalue weighted by Crippen LogP contribution is -2.36. The van der Waals surface area contributed by atoms with Crippen LogP contribution < -0.4 is 10.4 Å². The fourth-order valence-corrected chi connectivity index (χ4v) is 3.05. The van der Waals surface area contributed by atoms with Crippen LogP contribution in [0, 0.1) is 6.92 Å². The molecule has 0 fully saturated rings. The smallest absolute Gasteiger partial charge is 0.304 e. The second-order valence-electron chi connectivity index (χ2n) is 5.62. The molecule has 2 N–H and O–H groups in total. The van der Waals surface area contributed by atoms with Crippen LogP contribution in [-0.4, -0.2) is 25.4 Å². The molecular formula is C17H15ClN2O5S. The number of halogens is 1. The number of nitrogens with zero attached hydrogens (tertiary/aromatic N) is 1. The molecule has 9 heteroatoms. The highest BCUT2D eigenvalue weighted by Crippen LogP contribution is 2.34. The molecule has 0 spiro atoms. The number of hydroxylamine groups is 1. The SMILES string of the molecule is Cc1ccccc1C(=O)N1CC=C(NOS(=O)(=O)O)c2ccc(Cl)cc21. The zero-order valence-corrected chi connectivity index (χ0v) is 15.2. The summed E-state index contributed by atoms with van der Waals surface area (Å²) in [4.78, 5) is 14.5. The van der Waals surface area contributed by atoms with E-state index in [0.717, 1.165) is 5.56 Å². The Hall–Kier alpha value is -2.39. The van der Waals surface area contributed by atoms with E-state index in [-0.39, 0.29) is 12.5 Å². The third-order valence-electron chi connectivity index (χ3n) is 3.90. The van der Waals surface area contributed by atoms with Crippen LogP contribution in [0.1, 0.15) is 21.5 Å². The monoisotopic (exact) mass is 394 g/mol. The van der Waals surface area contributed by atoms with Gasteiger partial charge in [-0.25, -0.2) is 5.48 Å². The molecular weight excluding hydrogens is 380 g/mol. The van der Waals surface area contributed by atoms with E-state index in [1.807, 2.05) is 19.1 Å². The Balaban J connectivity index is 1.99. The molecule has 2 aromatic carbocycles. The molecule has 3 rings (SSSR count). The molecule has 1 amide bonds. The summed E-state index contributed by atoms with van der Waals surface area (Å²) < 4.78 is 34.5. The van der Waals surface area contributed by atoms with Crippen LogP contribution in [0.4, 0.5) is 5.69 Å². The van der Waals surface area contributed by atoms with Gasteiger partial charge in [0.1, 0.15) is 0 Å². The average Bonchev–Trinajstić information content (AvgIpc) is 2.58. The van der Waals surface area contributed by atoms with Crippen molar-refractivity contribution < 1.29 is 22.0 Å². The minimum Gasteiger partial charge on any atom is -0.304 e. The van der Waals surface area contributed by atoms with Crippen molar-refractivity contribution in [1.82, 2.24) is 5.48 Å². The fraction of sp³-hybridized carbons (Fsp3) is 0.118. The van der Waals surface area contributed by atoms with E-state index in [2.05, 4.69) is 9.76 Å². The van der Waals surface area contributed by atoms with Crippen molar-refractivity contribution in [1.29, 1.82) is 0 Å². The largest absolute Gasteiger partial charge is 0.418 e. The average molecular weight is 395 g/mol. The van der Waals surface area contributed by atoms with Gasteiger partial charge in [0.25, 0.3) is 5.91 Å². The predicted molar refractivity (Wildman–Crippen MR) is 98.1 cm³/mol. The van der Waals surface area contributed by atoms with Crippen molar-refractivity contribution in [2.75, 3.05) is 11.4 Å². The first-order chi connectivity index (χ1) is 12.3. The van der Waals surface area contributed by atoms with Crippen molar-refractivity contribution in [2.24, 2.45) is 0 Å². The van der Waals surface area contributed by atoms with Crippen LogP contribution in [0.3, 0.4) is 0 Å². The molecule has 0 bridgehead atoms. The molecule has 1 aliphatic rings. The second-order valence-corrected chi connectivity index (χ2v) is 7.08. The molecule has 1 aliphatic heterocycles. The van der Waals surface area contributed by atoms with Crippen LogP contribution in [0.2, 0.25) is 5.02 Å². The highest BCUT2D eigenvalue weighted by molar-refractivity contribution is 7.80. The summed E-state index contributed by atoms with van der Waals surface area (Å²) in [6, 6.07) is 12.1. The van der Waals surface area contributed by atoms with E-state index in [4.69, 9.17) is 16.2 Å². The topological polar surface area (TPSA) is 95.9 Å². The second kappa shape index (κ2) is 7.08. The van der Waals surface area contributed by atoms with Gasteiger partial charge in [0, 0.05) is 22.7 Å². The van der Waals surface area contributed by atoms with Gasteiger partial charge in [-0.3, -0.25) is 9.35 Å². The third kappa shape index (κ3) is 3.88. The quantitative estimate of drug-likeness (QED) is 0.611. The molecule has 136 valence electrons. The summed E-state index contributed by atoms with van der Waals surface area (Å²) in [6.45, 7) is 2.01. The number of hydrogen-bond acceptors (Lipinski definition) is 5. The van der Waals surface area contributed by atoms with Gasteiger partial charge >= 0.3 is 10.4 Å². The molecule has 0 radical (unpaired) electrons. The van der Waals surface area contributed by atoms with Gasteiger partial charge in [0.2, 0.25) is 0 Å². The zero-order valence-electron chi connectivity index (χ0n) is 13.6. The van der Waals surface area contributed by atoms with Gasteiger partial charge < -0.3 is 4.90 Å². The van der Waals surface area contributed by atoms with Crippen molar-refractivity contribution in [3.05, 3.63) is 70.3 Å². The Bertz CT molecular complexity index is 1000. The van der Waals surface area contributed by atoms with Crippen molar-refractivity contribution >= 4 is 39.3 Å². The molecule has 0 unspecified atom stereocenters. The molecule has 0 aliphatic carbocycles. The summed E-state index contributed by atoms with van der Waals surface area (Å²) in [7, 11) is -4.67. The minimum absolute atomic E-state index is 0.164. The van der Waals surface area contributed by atoms with Crippen LogP contribution in [-0.2, 0) is 14.7 Å². The molecule has 1 heterocycles. The van der Waals surface area contributed by atoms with E-state index in [1.54, 1.807) is 36.4 Å². The number of carbonyl (C=O) groups excluding carboxylic acids is 1. The molecule has 0 saturated carbocycles. The van der Waals surface area contributed by atoms with Crippen LogP contribution in [0.25, 0.3) is 5.70 Å². The number of carbonyl (C=O) groups is 1. The molecule has 26 heavy (non-hydrogen) atoms. The fourth-order valence-electron chi connectivity index (χ4n) is 2.69. The number of benzene rings is 2. The van der Waals surface area contributed by atoms with E-state index in [9.17, 15) is 13.2 Å². The maximum Gasteiger partial charge on any atom is 0.418 e. The summed E-state index contributed by atoms with van der Waals surface area (Å²) in [5.41, 5.74) is 4.88. The third-order valence-corrected chi connectivity index (χ3v) is 4.43. The van der Waals surface area contributed by atoms with Crippen molar-refractivity contribution in [2.45, 2.75) is 6.92 Å². The number of amides is 1. The number of hydrogen-bond donors (Lipinski definition) is 2. The highest BCUT2D eigenvalue weighted by Gasteiger charge is 2.26. The molecule has 7 nitrogen and oxygen atoms in total. The predicted octanol–water partition coefficient (Wildman–Crippen LogP) is 2.97. The Morgan fingerprint density at radius 1 is 1.27 bits per heavy atom. The van der Waals surface area contributed by atoms with Gasteiger partial charge in [0.15, 0.2) is 0 Å². The molecule has 2 aromatic rings. The number of anilines is 1. The Morgan fingerprint density at radius 2 is 2.00 bits per heavy atom. The summed E-state index contributed by atoms with van der Waals surface area (Å²) in [5, 5.41) is 0.420. The first-order valence-electron chi connectivity index (χ1n) is 7.56. The molecule has 0 aromatic heterocycles. The van der Waals surface area contributed by atoms with Crippen LogP contribution in [0.15, 0.2) is 48.5 Å². The van der Waals surface area contributed by atoms with Gasteiger partial charge in [-0.05, 0) is 42.8 Å². The van der Waals surface area contributed by atoms with E-state index in [0.29, 0.717) is 27.5 Å². The minimum atomic E-state index is -4.67. The van der Waals surface area contributed by atoms with E-state index in [1.165, 1.54) is 4.90 Å². The van der Waals surface area contributed by atoms with Gasteiger partial charge in [-0.1, -0.05) is 29.8 Å². The number of aryl methyl sites for hydroxylation is 1. The number of rotatable bonds is 4. The molecule has 0 saturated heterocycles. The van der Waals surface area contributed by atoms with Crippen LogP contribution >= 0.6 is 11.6 Å².